The van der Waals surface area contributed by atoms with Gasteiger partial charge in [-0.25, -0.2) is 0 Å². The van der Waals surface area contributed by atoms with Gasteiger partial charge in [-0.1, -0.05) is 54.1 Å². The highest BCUT2D eigenvalue weighted by molar-refractivity contribution is 6.31. The van der Waals surface area contributed by atoms with Gasteiger partial charge in [-0.3, -0.25) is 14.6 Å². The minimum atomic E-state index is 0.188. The molecule has 0 saturated heterocycles. The van der Waals surface area contributed by atoms with Crippen molar-refractivity contribution in [3.8, 4) is 22.5 Å². The van der Waals surface area contributed by atoms with Gasteiger partial charge in [0, 0.05) is 33.6 Å². The monoisotopic (exact) mass is 480 g/mol. The van der Waals surface area contributed by atoms with E-state index in [0.29, 0.717) is 18.2 Å². The molecule has 0 N–H and O–H groups in total. The van der Waals surface area contributed by atoms with E-state index in [1.807, 2.05) is 67.7 Å². The van der Waals surface area contributed by atoms with Crippen LogP contribution in [-0.2, 0) is 17.8 Å². The maximum atomic E-state index is 6.27. The molecule has 1 aliphatic heterocycles. The first-order chi connectivity index (χ1) is 17.2. The first kappa shape index (κ1) is 22.0. The van der Waals surface area contributed by atoms with Crippen molar-refractivity contribution < 1.29 is 4.74 Å². The number of nitrogens with zero attached hydrogens (tertiary/aromatic N) is 4. The summed E-state index contributed by atoms with van der Waals surface area (Å²) in [4.78, 5) is 9.38. The summed E-state index contributed by atoms with van der Waals surface area (Å²) in [6.07, 6.45) is 3.78. The number of aryl methyl sites for hydroxylation is 1. The van der Waals surface area contributed by atoms with Crippen LogP contribution in [0.3, 0.4) is 0 Å². The first-order valence-electron chi connectivity index (χ1n) is 11.9. The van der Waals surface area contributed by atoms with Crippen LogP contribution in [0.2, 0.25) is 5.02 Å². The van der Waals surface area contributed by atoms with Crippen molar-refractivity contribution >= 4 is 22.5 Å². The molecule has 0 aliphatic carbocycles. The van der Waals surface area contributed by atoms with E-state index < -0.39 is 0 Å². The molecular formula is C29H25ClN4O. The second-order valence-corrected chi connectivity index (χ2v) is 9.43. The number of ether oxygens (including phenoxy) is 1. The van der Waals surface area contributed by atoms with Crippen molar-refractivity contribution in [2.75, 3.05) is 6.61 Å². The average Bonchev–Trinajstić information content (AvgIpc) is 3.44. The number of fused-ring (bicyclic) bond motifs is 2. The number of rotatable bonds is 6. The lowest BCUT2D eigenvalue weighted by atomic mass is 9.96. The van der Waals surface area contributed by atoms with Gasteiger partial charge < -0.3 is 4.74 Å². The summed E-state index contributed by atoms with van der Waals surface area (Å²) in [5.74, 6) is 0. The topological polar surface area (TPSA) is 52.8 Å². The molecule has 0 amide bonds. The molecule has 6 rings (SSSR count). The SMILES string of the molecule is Cc1cccc(-c2nn3c(c2-c2ccnc4cc(Cl)ccc24)CCC3COCc2ccccc2)n1. The quantitative estimate of drug-likeness (QED) is 0.267. The van der Waals surface area contributed by atoms with Crippen LogP contribution in [0.1, 0.15) is 29.4 Å². The number of hydrogen-bond donors (Lipinski definition) is 0. The van der Waals surface area contributed by atoms with E-state index in [1.54, 1.807) is 0 Å². The van der Waals surface area contributed by atoms with Gasteiger partial charge in [0.2, 0.25) is 0 Å². The van der Waals surface area contributed by atoms with Crippen LogP contribution < -0.4 is 0 Å². The molecule has 0 spiro atoms. The van der Waals surface area contributed by atoms with E-state index in [4.69, 9.17) is 26.4 Å². The Hall–Kier alpha value is -3.54. The molecule has 3 aromatic heterocycles. The van der Waals surface area contributed by atoms with Gasteiger partial charge >= 0.3 is 0 Å². The Bertz CT molecular complexity index is 1510. The maximum absolute atomic E-state index is 6.27. The van der Waals surface area contributed by atoms with E-state index in [2.05, 4.69) is 27.9 Å². The van der Waals surface area contributed by atoms with Gasteiger partial charge in [0.25, 0.3) is 0 Å². The molecule has 4 heterocycles. The summed E-state index contributed by atoms with van der Waals surface area (Å²) in [5.41, 5.74) is 8.26. The zero-order valence-electron chi connectivity index (χ0n) is 19.5. The third-order valence-corrected chi connectivity index (χ3v) is 6.83. The van der Waals surface area contributed by atoms with E-state index >= 15 is 0 Å². The van der Waals surface area contributed by atoms with Gasteiger partial charge in [-0.2, -0.15) is 5.10 Å². The van der Waals surface area contributed by atoms with Crippen LogP contribution in [0.5, 0.6) is 0 Å². The van der Waals surface area contributed by atoms with Crippen molar-refractivity contribution in [2.24, 2.45) is 0 Å². The van der Waals surface area contributed by atoms with Crippen LogP contribution >= 0.6 is 11.6 Å². The highest BCUT2D eigenvalue weighted by Gasteiger charge is 2.31. The maximum Gasteiger partial charge on any atom is 0.119 e. The largest absolute Gasteiger partial charge is 0.375 e. The number of pyridine rings is 2. The van der Waals surface area contributed by atoms with E-state index in [1.165, 1.54) is 11.3 Å². The highest BCUT2D eigenvalue weighted by Crippen LogP contribution is 2.42. The van der Waals surface area contributed by atoms with Crippen LogP contribution in [-0.4, -0.2) is 26.4 Å². The molecule has 0 radical (unpaired) electrons. The Balaban J connectivity index is 1.43. The summed E-state index contributed by atoms with van der Waals surface area (Å²) in [5, 5.41) is 6.88. The molecule has 2 aromatic carbocycles. The second-order valence-electron chi connectivity index (χ2n) is 8.99. The number of halogens is 1. The van der Waals surface area contributed by atoms with Crippen molar-refractivity contribution in [1.82, 2.24) is 19.7 Å². The molecule has 5 aromatic rings. The van der Waals surface area contributed by atoms with Gasteiger partial charge in [-0.05, 0) is 61.2 Å². The van der Waals surface area contributed by atoms with Gasteiger partial charge in [-0.15, -0.1) is 0 Å². The standard InChI is InChI=1S/C29H25ClN4O/c1-19-6-5-9-25(32-19)29-28(24-14-15-31-26-16-21(30)10-12-23(24)26)27-13-11-22(34(27)33-29)18-35-17-20-7-3-2-4-8-20/h2-10,12,14-16,22H,11,13,17-18H2,1H3. The van der Waals surface area contributed by atoms with Crippen LogP contribution in [0.4, 0.5) is 0 Å². The number of hydrogen-bond acceptors (Lipinski definition) is 4. The zero-order chi connectivity index (χ0) is 23.8. The van der Waals surface area contributed by atoms with E-state index in [-0.39, 0.29) is 6.04 Å². The molecule has 35 heavy (non-hydrogen) atoms. The Labute approximate surface area is 209 Å². The predicted molar refractivity (Wildman–Crippen MR) is 139 cm³/mol. The van der Waals surface area contributed by atoms with Gasteiger partial charge in [0.15, 0.2) is 0 Å². The Kier molecular flexibility index (Phi) is 5.80. The van der Waals surface area contributed by atoms with Crippen molar-refractivity contribution in [2.45, 2.75) is 32.4 Å². The lowest BCUT2D eigenvalue weighted by Crippen LogP contribution is -2.13. The van der Waals surface area contributed by atoms with Crippen LogP contribution in [0.25, 0.3) is 33.4 Å². The molecule has 5 nitrogen and oxygen atoms in total. The second kappa shape index (κ2) is 9.25. The molecule has 6 heteroatoms. The molecule has 0 fully saturated rings. The van der Waals surface area contributed by atoms with Crippen molar-refractivity contribution in [3.05, 3.63) is 101 Å². The normalized spacial score (nSPS) is 15.0. The van der Waals surface area contributed by atoms with E-state index in [9.17, 15) is 0 Å². The fourth-order valence-electron chi connectivity index (χ4n) is 4.95. The number of aromatic nitrogens is 4. The summed E-state index contributed by atoms with van der Waals surface area (Å²) in [6.45, 7) is 3.23. The summed E-state index contributed by atoms with van der Waals surface area (Å²) in [6, 6.07) is 24.5. The highest BCUT2D eigenvalue weighted by atomic mass is 35.5. The molecular weight excluding hydrogens is 456 g/mol. The zero-order valence-corrected chi connectivity index (χ0v) is 20.2. The fourth-order valence-corrected chi connectivity index (χ4v) is 5.12. The Morgan fingerprint density at radius 2 is 1.91 bits per heavy atom. The average molecular weight is 481 g/mol. The third-order valence-electron chi connectivity index (χ3n) is 6.60. The van der Waals surface area contributed by atoms with Gasteiger partial charge in [0.1, 0.15) is 5.69 Å². The molecule has 0 bridgehead atoms. The third kappa shape index (κ3) is 4.22. The number of benzene rings is 2. The predicted octanol–water partition coefficient (Wildman–Crippen LogP) is 6.83. The molecule has 1 aliphatic rings. The summed E-state index contributed by atoms with van der Waals surface area (Å²) >= 11 is 6.27. The summed E-state index contributed by atoms with van der Waals surface area (Å²) in [7, 11) is 0. The lowest BCUT2D eigenvalue weighted by molar-refractivity contribution is 0.0889. The smallest absolute Gasteiger partial charge is 0.119 e. The molecule has 1 unspecified atom stereocenters. The van der Waals surface area contributed by atoms with Gasteiger partial charge in [0.05, 0.1) is 30.5 Å². The van der Waals surface area contributed by atoms with Crippen LogP contribution in [0.15, 0.2) is 79.0 Å². The Morgan fingerprint density at radius 1 is 1.03 bits per heavy atom. The van der Waals surface area contributed by atoms with Crippen LogP contribution in [0, 0.1) is 6.92 Å². The van der Waals surface area contributed by atoms with Crippen molar-refractivity contribution in [3.63, 3.8) is 0 Å². The minimum Gasteiger partial charge on any atom is -0.375 e. The minimum absolute atomic E-state index is 0.188. The molecule has 0 saturated carbocycles. The lowest BCUT2D eigenvalue weighted by Gasteiger charge is -2.12. The summed E-state index contributed by atoms with van der Waals surface area (Å²) < 4.78 is 8.29. The Morgan fingerprint density at radius 3 is 2.77 bits per heavy atom. The first-order valence-corrected chi connectivity index (χ1v) is 12.3. The van der Waals surface area contributed by atoms with E-state index in [0.717, 1.165) is 52.0 Å². The molecule has 174 valence electrons. The van der Waals surface area contributed by atoms with Crippen molar-refractivity contribution in [1.29, 1.82) is 0 Å². The molecule has 1 atom stereocenters. The fraction of sp³-hybridized carbons (Fsp3) is 0.207.